The Labute approximate surface area is 124 Å². The van der Waals surface area contributed by atoms with Gasteiger partial charge in [-0.15, -0.1) is 0 Å². The minimum absolute atomic E-state index is 0.237. The van der Waals surface area contributed by atoms with Crippen LogP contribution in [0.5, 0.6) is 0 Å². The molecule has 1 heterocycles. The van der Waals surface area contributed by atoms with Gasteiger partial charge in [0.1, 0.15) is 0 Å². The van der Waals surface area contributed by atoms with Crippen molar-refractivity contribution in [1.82, 2.24) is 9.80 Å². The van der Waals surface area contributed by atoms with Gasteiger partial charge in [-0.05, 0) is 37.3 Å². The lowest BCUT2D eigenvalue weighted by atomic mass is 9.76. The average Bonchev–Trinajstić information content (AvgIpc) is 2.42. The van der Waals surface area contributed by atoms with E-state index < -0.39 is 0 Å². The maximum Gasteiger partial charge on any atom is 0.222 e. The van der Waals surface area contributed by atoms with E-state index in [-0.39, 0.29) is 5.41 Å². The van der Waals surface area contributed by atoms with Crippen molar-refractivity contribution in [3.05, 3.63) is 0 Å². The first-order valence-corrected chi connectivity index (χ1v) is 8.08. The summed E-state index contributed by atoms with van der Waals surface area (Å²) in [7, 11) is 0. The standard InChI is InChI=1S/C16H33N3O/c1-5-18-10-12-19(13-11-18)15(20)7-6-14(8-9-17)16(2,3)4/h14H,5-13,17H2,1-4H3. The maximum absolute atomic E-state index is 12.3. The minimum Gasteiger partial charge on any atom is -0.340 e. The van der Waals surface area contributed by atoms with Gasteiger partial charge in [0, 0.05) is 32.6 Å². The summed E-state index contributed by atoms with van der Waals surface area (Å²) in [6.45, 7) is 14.6. The fraction of sp³-hybridized carbons (Fsp3) is 0.938. The lowest BCUT2D eigenvalue weighted by molar-refractivity contribution is -0.133. The van der Waals surface area contributed by atoms with Crippen molar-refractivity contribution in [2.75, 3.05) is 39.3 Å². The molecule has 118 valence electrons. The van der Waals surface area contributed by atoms with Crippen LogP contribution in [0.2, 0.25) is 0 Å². The third kappa shape index (κ3) is 5.41. The third-order valence-electron chi connectivity index (χ3n) is 4.62. The molecule has 0 bridgehead atoms. The molecule has 1 rings (SSSR count). The van der Waals surface area contributed by atoms with Crippen LogP contribution >= 0.6 is 0 Å². The molecule has 0 aromatic heterocycles. The molecular weight excluding hydrogens is 250 g/mol. The highest BCUT2D eigenvalue weighted by Gasteiger charge is 2.26. The van der Waals surface area contributed by atoms with Gasteiger partial charge in [-0.2, -0.15) is 0 Å². The molecule has 0 saturated carbocycles. The largest absolute Gasteiger partial charge is 0.340 e. The second kappa shape index (κ2) is 7.99. The van der Waals surface area contributed by atoms with Gasteiger partial charge in [0.05, 0.1) is 0 Å². The number of carbonyl (C=O) groups is 1. The van der Waals surface area contributed by atoms with E-state index in [0.29, 0.717) is 24.8 Å². The molecule has 1 saturated heterocycles. The predicted molar refractivity (Wildman–Crippen MR) is 84.5 cm³/mol. The van der Waals surface area contributed by atoms with E-state index in [1.165, 1.54) is 0 Å². The first-order valence-electron chi connectivity index (χ1n) is 8.08. The number of nitrogens with zero attached hydrogens (tertiary/aromatic N) is 2. The van der Waals surface area contributed by atoms with Crippen molar-refractivity contribution in [1.29, 1.82) is 0 Å². The SMILES string of the molecule is CCN1CCN(C(=O)CCC(CCN)C(C)(C)C)CC1. The zero-order valence-electron chi connectivity index (χ0n) is 13.8. The minimum atomic E-state index is 0.237. The van der Waals surface area contributed by atoms with Gasteiger partial charge in [-0.1, -0.05) is 27.7 Å². The first kappa shape index (κ1) is 17.4. The fourth-order valence-electron chi connectivity index (χ4n) is 2.98. The highest BCUT2D eigenvalue weighted by Crippen LogP contribution is 2.32. The first-order chi connectivity index (χ1) is 9.38. The summed E-state index contributed by atoms with van der Waals surface area (Å²) in [6.07, 6.45) is 2.65. The number of hydrogen-bond acceptors (Lipinski definition) is 3. The van der Waals surface area contributed by atoms with Crippen molar-refractivity contribution >= 4 is 5.91 Å². The van der Waals surface area contributed by atoms with Gasteiger partial charge in [-0.25, -0.2) is 0 Å². The molecular formula is C16H33N3O. The topological polar surface area (TPSA) is 49.6 Å². The monoisotopic (exact) mass is 283 g/mol. The van der Waals surface area contributed by atoms with E-state index in [1.807, 2.05) is 4.90 Å². The summed E-state index contributed by atoms with van der Waals surface area (Å²) in [5, 5.41) is 0. The predicted octanol–water partition coefficient (Wildman–Crippen LogP) is 1.94. The maximum atomic E-state index is 12.3. The van der Waals surface area contributed by atoms with Crippen molar-refractivity contribution in [3.63, 3.8) is 0 Å². The Morgan fingerprint density at radius 1 is 1.15 bits per heavy atom. The van der Waals surface area contributed by atoms with Crippen LogP contribution in [-0.2, 0) is 4.79 Å². The molecule has 0 aromatic carbocycles. The summed E-state index contributed by atoms with van der Waals surface area (Å²) in [5.74, 6) is 0.861. The molecule has 0 spiro atoms. The van der Waals surface area contributed by atoms with Crippen LogP contribution < -0.4 is 5.73 Å². The molecule has 1 unspecified atom stereocenters. The average molecular weight is 283 g/mol. The van der Waals surface area contributed by atoms with E-state index >= 15 is 0 Å². The van der Waals surface area contributed by atoms with Crippen LogP contribution in [0.4, 0.5) is 0 Å². The number of amides is 1. The van der Waals surface area contributed by atoms with Crippen LogP contribution in [0.15, 0.2) is 0 Å². The molecule has 1 fully saturated rings. The molecule has 0 aliphatic carbocycles. The van der Waals surface area contributed by atoms with Crippen LogP contribution in [0.1, 0.15) is 47.0 Å². The van der Waals surface area contributed by atoms with Crippen molar-refractivity contribution in [2.45, 2.75) is 47.0 Å². The smallest absolute Gasteiger partial charge is 0.222 e. The number of carbonyl (C=O) groups excluding carboxylic acids is 1. The van der Waals surface area contributed by atoms with Crippen LogP contribution in [0.25, 0.3) is 0 Å². The van der Waals surface area contributed by atoms with Crippen LogP contribution in [0, 0.1) is 11.3 Å². The highest BCUT2D eigenvalue weighted by atomic mass is 16.2. The zero-order valence-corrected chi connectivity index (χ0v) is 13.8. The Kier molecular flexibility index (Phi) is 6.96. The van der Waals surface area contributed by atoms with Gasteiger partial charge in [0.25, 0.3) is 0 Å². The number of piperazine rings is 1. The molecule has 1 aliphatic heterocycles. The molecule has 4 heteroatoms. The van der Waals surface area contributed by atoms with Gasteiger partial charge in [-0.3, -0.25) is 4.79 Å². The third-order valence-corrected chi connectivity index (χ3v) is 4.62. The van der Waals surface area contributed by atoms with Gasteiger partial charge in [0.15, 0.2) is 0 Å². The Hall–Kier alpha value is -0.610. The summed E-state index contributed by atoms with van der Waals surface area (Å²) >= 11 is 0. The second-order valence-corrected chi connectivity index (χ2v) is 6.99. The van der Waals surface area contributed by atoms with E-state index in [9.17, 15) is 4.79 Å². The Balaban J connectivity index is 2.38. The second-order valence-electron chi connectivity index (χ2n) is 6.99. The van der Waals surface area contributed by atoms with Gasteiger partial charge in [0.2, 0.25) is 5.91 Å². The normalized spacial score (nSPS) is 19.1. The number of hydrogen-bond donors (Lipinski definition) is 1. The molecule has 20 heavy (non-hydrogen) atoms. The number of nitrogens with two attached hydrogens (primary N) is 1. The summed E-state index contributed by atoms with van der Waals surface area (Å²) < 4.78 is 0. The number of rotatable bonds is 6. The fourth-order valence-corrected chi connectivity index (χ4v) is 2.98. The number of likely N-dealkylation sites (N-methyl/N-ethyl adjacent to an activating group) is 1. The Morgan fingerprint density at radius 2 is 1.75 bits per heavy atom. The molecule has 4 nitrogen and oxygen atoms in total. The molecule has 0 aromatic rings. The van der Waals surface area contributed by atoms with E-state index in [0.717, 1.165) is 45.6 Å². The highest BCUT2D eigenvalue weighted by molar-refractivity contribution is 5.76. The molecule has 1 atom stereocenters. The summed E-state index contributed by atoms with van der Waals surface area (Å²) in [6, 6.07) is 0. The quantitative estimate of drug-likeness (QED) is 0.810. The Morgan fingerprint density at radius 3 is 2.20 bits per heavy atom. The summed E-state index contributed by atoms with van der Waals surface area (Å²) in [4.78, 5) is 16.7. The van der Waals surface area contributed by atoms with E-state index in [4.69, 9.17) is 5.73 Å². The van der Waals surface area contributed by atoms with Gasteiger partial charge >= 0.3 is 0 Å². The summed E-state index contributed by atoms with van der Waals surface area (Å²) in [5.41, 5.74) is 5.94. The van der Waals surface area contributed by atoms with Gasteiger partial charge < -0.3 is 15.5 Å². The van der Waals surface area contributed by atoms with E-state index in [1.54, 1.807) is 0 Å². The lowest BCUT2D eigenvalue weighted by Crippen LogP contribution is -2.48. The molecule has 1 amide bonds. The van der Waals surface area contributed by atoms with Crippen molar-refractivity contribution < 1.29 is 4.79 Å². The van der Waals surface area contributed by atoms with Crippen LogP contribution in [-0.4, -0.2) is 55.0 Å². The molecule has 0 radical (unpaired) electrons. The van der Waals surface area contributed by atoms with E-state index in [2.05, 4.69) is 32.6 Å². The van der Waals surface area contributed by atoms with Crippen LogP contribution in [0.3, 0.4) is 0 Å². The van der Waals surface area contributed by atoms with Crippen molar-refractivity contribution in [3.8, 4) is 0 Å². The Bertz CT molecular complexity index is 291. The lowest BCUT2D eigenvalue weighted by Gasteiger charge is -2.35. The van der Waals surface area contributed by atoms with Crippen molar-refractivity contribution in [2.24, 2.45) is 17.1 Å². The zero-order chi connectivity index (χ0) is 15.2. The molecule has 2 N–H and O–H groups in total. The molecule has 1 aliphatic rings.